The van der Waals surface area contributed by atoms with Gasteiger partial charge in [0, 0.05) is 6.42 Å². The summed E-state index contributed by atoms with van der Waals surface area (Å²) in [6.45, 7) is 1.78. The Hall–Kier alpha value is -2.98. The second-order valence-corrected chi connectivity index (χ2v) is 10.2. The van der Waals surface area contributed by atoms with Crippen molar-refractivity contribution in [1.82, 2.24) is 4.57 Å². The largest absolute Gasteiger partial charge is 0.497 e. The summed E-state index contributed by atoms with van der Waals surface area (Å²) in [5.41, 5.74) is 1.69. The summed E-state index contributed by atoms with van der Waals surface area (Å²) in [5, 5.41) is 0. The average Bonchev–Trinajstić information content (AvgIpc) is 3.09. The smallest absolute Gasteiger partial charge is 0.325 e. The van der Waals surface area contributed by atoms with E-state index in [1.807, 2.05) is 6.92 Å². The summed E-state index contributed by atoms with van der Waals surface area (Å²) in [6.07, 6.45) is 0.120. The zero-order valence-corrected chi connectivity index (χ0v) is 19.7. The first-order chi connectivity index (χ1) is 15.2. The van der Waals surface area contributed by atoms with Gasteiger partial charge in [0.25, 0.3) is 0 Å². The number of amides is 1. The van der Waals surface area contributed by atoms with Crippen LogP contribution in [0.25, 0.3) is 10.2 Å². The molecule has 0 bridgehead atoms. The van der Waals surface area contributed by atoms with E-state index in [9.17, 15) is 18.0 Å². The quantitative estimate of drug-likeness (QED) is 0.463. The Morgan fingerprint density at radius 1 is 1.09 bits per heavy atom. The lowest BCUT2D eigenvalue weighted by atomic mass is 10.2. The fourth-order valence-corrected chi connectivity index (χ4v) is 5.44. The molecular weight excluding hydrogens is 452 g/mol. The molecule has 0 fully saturated rings. The number of carbonyl (C=O) groups excluding carboxylic acids is 2. The Kier molecular flexibility index (Phi) is 7.47. The molecular formula is C22H24N2O6S2. The maximum absolute atomic E-state index is 12.5. The molecule has 8 nitrogen and oxygen atoms in total. The van der Waals surface area contributed by atoms with Gasteiger partial charge >= 0.3 is 5.97 Å². The van der Waals surface area contributed by atoms with E-state index in [2.05, 4.69) is 4.99 Å². The summed E-state index contributed by atoms with van der Waals surface area (Å²) in [5.74, 6) is -0.439. The monoisotopic (exact) mass is 476 g/mol. The van der Waals surface area contributed by atoms with Crippen LogP contribution in [0.4, 0.5) is 0 Å². The predicted octanol–water partition coefficient (Wildman–Crippen LogP) is 2.87. The molecule has 0 spiro atoms. The van der Waals surface area contributed by atoms with Crippen LogP contribution < -0.4 is 9.54 Å². The van der Waals surface area contributed by atoms with Crippen molar-refractivity contribution in [3.8, 4) is 5.75 Å². The van der Waals surface area contributed by atoms with E-state index in [1.165, 1.54) is 18.4 Å². The van der Waals surface area contributed by atoms with Crippen LogP contribution in [0.5, 0.6) is 5.75 Å². The Morgan fingerprint density at radius 2 is 1.81 bits per heavy atom. The van der Waals surface area contributed by atoms with Crippen LogP contribution >= 0.6 is 11.3 Å². The van der Waals surface area contributed by atoms with Crippen LogP contribution in [0, 0.1) is 6.92 Å². The van der Waals surface area contributed by atoms with Gasteiger partial charge in [0.05, 0.1) is 35.1 Å². The molecule has 0 aliphatic carbocycles. The number of sulfone groups is 1. The first kappa shape index (κ1) is 23.7. The lowest BCUT2D eigenvalue weighted by Crippen LogP contribution is -2.22. The van der Waals surface area contributed by atoms with Crippen molar-refractivity contribution in [2.24, 2.45) is 4.99 Å². The highest BCUT2D eigenvalue weighted by molar-refractivity contribution is 7.91. The highest BCUT2D eigenvalue weighted by Crippen LogP contribution is 2.23. The van der Waals surface area contributed by atoms with Crippen LogP contribution in [0.2, 0.25) is 0 Å². The highest BCUT2D eigenvalue weighted by Gasteiger charge is 2.16. The van der Waals surface area contributed by atoms with Gasteiger partial charge in [-0.3, -0.25) is 9.59 Å². The van der Waals surface area contributed by atoms with E-state index >= 15 is 0 Å². The van der Waals surface area contributed by atoms with Crippen LogP contribution in [0.15, 0.2) is 52.4 Å². The number of aryl methyl sites for hydroxylation is 1. The van der Waals surface area contributed by atoms with Crippen molar-refractivity contribution < 1.29 is 27.5 Å². The number of hydrogen-bond donors (Lipinski definition) is 0. The number of benzene rings is 2. The van der Waals surface area contributed by atoms with Gasteiger partial charge in [-0.2, -0.15) is 4.99 Å². The number of rotatable bonds is 8. The third-order valence-corrected chi connectivity index (χ3v) is 7.67. The Morgan fingerprint density at radius 3 is 2.47 bits per heavy atom. The zero-order valence-electron chi connectivity index (χ0n) is 18.0. The lowest BCUT2D eigenvalue weighted by molar-refractivity contribution is -0.141. The molecule has 1 amide bonds. The molecule has 0 atom stereocenters. The topological polar surface area (TPSA) is 104 Å². The third-order valence-electron chi connectivity index (χ3n) is 4.81. The van der Waals surface area contributed by atoms with Crippen molar-refractivity contribution in [2.45, 2.75) is 31.2 Å². The average molecular weight is 477 g/mol. The lowest BCUT2D eigenvalue weighted by Gasteiger charge is -2.05. The molecule has 0 aliphatic heterocycles. The second kappa shape index (κ2) is 10.1. The standard InChI is InChI=1S/C22H24N2O6S2/c1-15-6-9-17(10-7-15)32(27,28)12-4-5-20(25)23-22-24(14-21(26)30-3)18-11-8-16(29-2)13-19(18)31-22/h6-11,13H,4-5,12,14H2,1-3H3. The number of fused-ring (bicyclic) bond motifs is 1. The van der Waals surface area contributed by atoms with Crippen LogP contribution in [-0.2, 0) is 30.7 Å². The van der Waals surface area contributed by atoms with Crippen molar-refractivity contribution in [1.29, 1.82) is 0 Å². The normalized spacial score (nSPS) is 12.2. The summed E-state index contributed by atoms with van der Waals surface area (Å²) < 4.78 is 37.3. The van der Waals surface area contributed by atoms with E-state index in [4.69, 9.17) is 9.47 Å². The minimum absolute atomic E-state index is 0.0269. The second-order valence-electron chi connectivity index (χ2n) is 7.12. The minimum Gasteiger partial charge on any atom is -0.497 e. The van der Waals surface area contributed by atoms with Gasteiger partial charge < -0.3 is 14.0 Å². The van der Waals surface area contributed by atoms with Gasteiger partial charge in [0.2, 0.25) is 5.91 Å². The number of thiazole rings is 1. The number of nitrogens with zero attached hydrogens (tertiary/aromatic N) is 2. The minimum atomic E-state index is -3.47. The molecule has 32 heavy (non-hydrogen) atoms. The van der Waals surface area contributed by atoms with Gasteiger partial charge in [-0.15, -0.1) is 0 Å². The van der Waals surface area contributed by atoms with Gasteiger partial charge in [-0.25, -0.2) is 8.42 Å². The van der Waals surface area contributed by atoms with Crippen LogP contribution in [0.1, 0.15) is 18.4 Å². The van der Waals surface area contributed by atoms with E-state index in [0.717, 1.165) is 15.8 Å². The molecule has 1 heterocycles. The fourth-order valence-electron chi connectivity index (χ4n) is 3.05. The molecule has 170 valence electrons. The number of ether oxygens (including phenoxy) is 2. The number of hydrogen-bond acceptors (Lipinski definition) is 7. The first-order valence-electron chi connectivity index (χ1n) is 9.84. The summed E-state index contributed by atoms with van der Waals surface area (Å²) in [6, 6.07) is 11.9. The third kappa shape index (κ3) is 5.63. The predicted molar refractivity (Wildman–Crippen MR) is 121 cm³/mol. The van der Waals surface area contributed by atoms with Crippen molar-refractivity contribution in [2.75, 3.05) is 20.0 Å². The zero-order chi connectivity index (χ0) is 23.3. The number of methoxy groups -OCH3 is 2. The molecule has 3 aromatic rings. The summed E-state index contributed by atoms with van der Waals surface area (Å²) in [4.78, 5) is 29.1. The van der Waals surface area contributed by atoms with Crippen molar-refractivity contribution >= 4 is 43.3 Å². The van der Waals surface area contributed by atoms with Crippen LogP contribution in [0.3, 0.4) is 0 Å². The van der Waals surface area contributed by atoms with Crippen LogP contribution in [-0.4, -0.2) is 44.8 Å². The fraction of sp³-hybridized carbons (Fsp3) is 0.318. The van der Waals surface area contributed by atoms with Gasteiger partial charge in [-0.1, -0.05) is 29.0 Å². The first-order valence-corrected chi connectivity index (χ1v) is 12.3. The molecule has 0 radical (unpaired) electrons. The van der Waals surface area contributed by atoms with Gasteiger partial charge in [0.1, 0.15) is 12.3 Å². The van der Waals surface area contributed by atoms with Gasteiger partial charge in [-0.05, 0) is 43.7 Å². The van der Waals surface area contributed by atoms with Gasteiger partial charge in [0.15, 0.2) is 14.6 Å². The summed E-state index contributed by atoms with van der Waals surface area (Å²) >= 11 is 1.24. The molecule has 2 aromatic carbocycles. The number of esters is 1. The van der Waals surface area contributed by atoms with E-state index in [1.54, 1.807) is 54.1 Å². The Balaban J connectivity index is 1.79. The van der Waals surface area contributed by atoms with E-state index in [0.29, 0.717) is 10.6 Å². The SMILES string of the molecule is COC(=O)Cn1c(=NC(=O)CCCS(=O)(=O)c2ccc(C)cc2)sc2cc(OC)ccc21. The van der Waals surface area contributed by atoms with E-state index in [-0.39, 0.29) is 30.0 Å². The maximum Gasteiger partial charge on any atom is 0.325 e. The number of carbonyl (C=O) groups is 2. The number of aromatic nitrogens is 1. The molecule has 10 heteroatoms. The molecule has 0 unspecified atom stereocenters. The Bertz CT molecular complexity index is 1300. The van der Waals surface area contributed by atoms with E-state index < -0.39 is 21.7 Å². The van der Waals surface area contributed by atoms with Crippen molar-refractivity contribution in [3.63, 3.8) is 0 Å². The molecule has 0 N–H and O–H groups in total. The summed E-state index contributed by atoms with van der Waals surface area (Å²) in [7, 11) is -0.632. The maximum atomic E-state index is 12.5. The Labute approximate surface area is 190 Å². The highest BCUT2D eigenvalue weighted by atomic mass is 32.2. The molecule has 0 saturated heterocycles. The molecule has 0 aliphatic rings. The van der Waals surface area contributed by atoms with Crippen molar-refractivity contribution in [3.05, 3.63) is 52.8 Å². The molecule has 1 aromatic heterocycles. The molecule has 3 rings (SSSR count). The molecule has 0 saturated carbocycles.